The van der Waals surface area contributed by atoms with Crippen LogP contribution in [0.2, 0.25) is 0 Å². The van der Waals surface area contributed by atoms with Crippen molar-refractivity contribution in [3.8, 4) is 5.75 Å². The summed E-state index contributed by atoms with van der Waals surface area (Å²) in [5.41, 5.74) is 0.384. The van der Waals surface area contributed by atoms with E-state index in [0.29, 0.717) is 12.2 Å². The van der Waals surface area contributed by atoms with E-state index >= 15 is 0 Å². The summed E-state index contributed by atoms with van der Waals surface area (Å²) in [6, 6.07) is 4.56. The molecule has 2 N–H and O–H groups in total. The summed E-state index contributed by atoms with van der Waals surface area (Å²) in [6.45, 7) is 4.67. The second-order valence-electron chi connectivity index (χ2n) is 5.26. The zero-order chi connectivity index (χ0) is 17.4. The molecule has 24 heavy (non-hydrogen) atoms. The van der Waals surface area contributed by atoms with Gasteiger partial charge in [-0.05, 0) is 37.2 Å². The number of urea groups is 1. The van der Waals surface area contributed by atoms with Crippen LogP contribution in [-0.4, -0.2) is 56.7 Å². The normalized spacial score (nSPS) is 15.8. The van der Waals surface area contributed by atoms with Crippen LogP contribution in [0.4, 0.5) is 23.7 Å². The Morgan fingerprint density at radius 2 is 1.88 bits per heavy atom. The van der Waals surface area contributed by atoms with Gasteiger partial charge in [0, 0.05) is 25.3 Å². The molecule has 0 saturated carbocycles. The van der Waals surface area contributed by atoms with Crippen molar-refractivity contribution in [3.05, 3.63) is 24.3 Å². The van der Waals surface area contributed by atoms with E-state index in [1.54, 1.807) is 0 Å². The van der Waals surface area contributed by atoms with Crippen LogP contribution in [0.1, 0.15) is 6.42 Å². The maximum Gasteiger partial charge on any atom is 0.573 e. The van der Waals surface area contributed by atoms with Gasteiger partial charge in [-0.3, -0.25) is 4.90 Å². The van der Waals surface area contributed by atoms with Crippen LogP contribution in [0.3, 0.4) is 0 Å². The van der Waals surface area contributed by atoms with E-state index in [1.165, 1.54) is 12.1 Å². The second-order valence-corrected chi connectivity index (χ2v) is 5.26. The molecule has 1 aromatic rings. The molecule has 1 fully saturated rings. The lowest BCUT2D eigenvalue weighted by Gasteiger charge is -2.26. The molecule has 2 rings (SSSR count). The van der Waals surface area contributed by atoms with Crippen molar-refractivity contribution in [2.75, 3.05) is 44.7 Å². The van der Waals surface area contributed by atoms with Crippen LogP contribution in [0.15, 0.2) is 24.3 Å². The summed E-state index contributed by atoms with van der Waals surface area (Å²) in [5.74, 6) is -0.334. The molecule has 0 unspecified atom stereocenters. The molecule has 6 nitrogen and oxygen atoms in total. The molecule has 0 aromatic heterocycles. The summed E-state index contributed by atoms with van der Waals surface area (Å²) < 4.78 is 45.2. The molecule has 9 heteroatoms. The Kier molecular flexibility index (Phi) is 6.68. The number of hydrogen-bond donors (Lipinski definition) is 2. The first-order valence-corrected chi connectivity index (χ1v) is 7.63. The molecule has 1 aliphatic rings. The van der Waals surface area contributed by atoms with Gasteiger partial charge in [0.25, 0.3) is 0 Å². The van der Waals surface area contributed by atoms with Crippen molar-refractivity contribution in [1.82, 2.24) is 10.2 Å². The van der Waals surface area contributed by atoms with Gasteiger partial charge in [0.15, 0.2) is 0 Å². The zero-order valence-corrected chi connectivity index (χ0v) is 13.1. The molecule has 0 aliphatic carbocycles. The maximum absolute atomic E-state index is 12.0. The van der Waals surface area contributed by atoms with Crippen molar-refractivity contribution >= 4 is 11.7 Å². The Labute approximate surface area is 137 Å². The number of carbonyl (C=O) groups excluding carboxylic acids is 1. The Balaban J connectivity index is 1.64. The third-order valence-corrected chi connectivity index (χ3v) is 3.39. The summed E-state index contributed by atoms with van der Waals surface area (Å²) >= 11 is 0. The van der Waals surface area contributed by atoms with Crippen molar-refractivity contribution in [2.45, 2.75) is 12.8 Å². The number of carbonyl (C=O) groups is 1. The van der Waals surface area contributed by atoms with Crippen LogP contribution in [0, 0.1) is 0 Å². The van der Waals surface area contributed by atoms with Crippen LogP contribution < -0.4 is 15.4 Å². The Bertz CT molecular complexity index is 517. The molecule has 0 radical (unpaired) electrons. The average molecular weight is 347 g/mol. The first-order chi connectivity index (χ1) is 11.4. The Morgan fingerprint density at radius 1 is 1.21 bits per heavy atom. The van der Waals surface area contributed by atoms with Crippen molar-refractivity contribution < 1.29 is 27.4 Å². The number of morpholine rings is 1. The molecular formula is C15H20F3N3O3. The van der Waals surface area contributed by atoms with Gasteiger partial charge >= 0.3 is 12.4 Å². The molecule has 134 valence electrons. The Morgan fingerprint density at radius 3 is 2.50 bits per heavy atom. The minimum Gasteiger partial charge on any atom is -0.406 e. The number of benzene rings is 1. The highest BCUT2D eigenvalue weighted by atomic mass is 19.4. The fourth-order valence-corrected chi connectivity index (χ4v) is 2.24. The van der Waals surface area contributed by atoms with Gasteiger partial charge in [-0.15, -0.1) is 13.2 Å². The van der Waals surface area contributed by atoms with E-state index in [-0.39, 0.29) is 5.75 Å². The number of alkyl halides is 3. The van der Waals surface area contributed by atoms with Crippen LogP contribution in [0.25, 0.3) is 0 Å². The molecule has 1 aromatic carbocycles. The van der Waals surface area contributed by atoms with E-state index < -0.39 is 12.4 Å². The number of anilines is 1. The molecule has 0 atom stereocenters. The molecule has 1 heterocycles. The number of hydrogen-bond acceptors (Lipinski definition) is 4. The van der Waals surface area contributed by atoms with E-state index in [1.807, 2.05) is 0 Å². The SMILES string of the molecule is O=C(NCCCN1CCOCC1)Nc1ccc(OC(F)(F)F)cc1. The summed E-state index contributed by atoms with van der Waals surface area (Å²) in [6.07, 6.45) is -3.92. The number of nitrogens with one attached hydrogen (secondary N) is 2. The molecule has 0 bridgehead atoms. The van der Waals surface area contributed by atoms with Gasteiger partial charge in [0.05, 0.1) is 13.2 Å². The average Bonchev–Trinajstić information content (AvgIpc) is 2.53. The molecule has 1 saturated heterocycles. The van der Waals surface area contributed by atoms with Gasteiger partial charge < -0.3 is 20.1 Å². The summed E-state index contributed by atoms with van der Waals surface area (Å²) in [5, 5.41) is 5.25. The quantitative estimate of drug-likeness (QED) is 0.776. The van der Waals surface area contributed by atoms with Crippen molar-refractivity contribution in [2.24, 2.45) is 0 Å². The lowest BCUT2D eigenvalue weighted by Crippen LogP contribution is -2.38. The standard InChI is InChI=1S/C15H20F3N3O3/c16-15(17,18)24-13-4-2-12(3-5-13)20-14(22)19-6-1-7-21-8-10-23-11-9-21/h2-5H,1,6-11H2,(H2,19,20,22). The molecule has 2 amide bonds. The lowest BCUT2D eigenvalue weighted by molar-refractivity contribution is -0.274. The van der Waals surface area contributed by atoms with E-state index in [9.17, 15) is 18.0 Å². The summed E-state index contributed by atoms with van der Waals surface area (Å²) in [4.78, 5) is 14.0. The predicted octanol–water partition coefficient (Wildman–Crippen LogP) is 2.43. The fourth-order valence-electron chi connectivity index (χ4n) is 2.24. The number of amides is 2. The van der Waals surface area contributed by atoms with Gasteiger partial charge in [-0.2, -0.15) is 0 Å². The van der Waals surface area contributed by atoms with Crippen molar-refractivity contribution in [1.29, 1.82) is 0 Å². The van der Waals surface area contributed by atoms with E-state index in [2.05, 4.69) is 20.3 Å². The smallest absolute Gasteiger partial charge is 0.406 e. The number of nitrogens with zero attached hydrogens (tertiary/aromatic N) is 1. The van der Waals surface area contributed by atoms with Crippen LogP contribution in [0.5, 0.6) is 5.75 Å². The number of halogens is 3. The predicted molar refractivity (Wildman–Crippen MR) is 82.0 cm³/mol. The van der Waals surface area contributed by atoms with Gasteiger partial charge in [-0.25, -0.2) is 4.79 Å². The highest BCUT2D eigenvalue weighted by Gasteiger charge is 2.30. The third-order valence-electron chi connectivity index (χ3n) is 3.39. The van der Waals surface area contributed by atoms with Gasteiger partial charge in [0.1, 0.15) is 5.75 Å². The Hall–Kier alpha value is -2.00. The third kappa shape index (κ3) is 7.05. The highest BCUT2D eigenvalue weighted by molar-refractivity contribution is 5.89. The fraction of sp³-hybridized carbons (Fsp3) is 0.533. The molecule has 0 spiro atoms. The van der Waals surface area contributed by atoms with Crippen molar-refractivity contribution in [3.63, 3.8) is 0 Å². The minimum absolute atomic E-state index is 0.334. The first kappa shape index (κ1) is 18.3. The monoisotopic (exact) mass is 347 g/mol. The largest absolute Gasteiger partial charge is 0.573 e. The van der Waals surface area contributed by atoms with Gasteiger partial charge in [0.2, 0.25) is 0 Å². The maximum atomic E-state index is 12.0. The van der Waals surface area contributed by atoms with E-state index in [0.717, 1.165) is 51.4 Å². The zero-order valence-electron chi connectivity index (χ0n) is 13.1. The van der Waals surface area contributed by atoms with Crippen LogP contribution in [-0.2, 0) is 4.74 Å². The summed E-state index contributed by atoms with van der Waals surface area (Å²) in [7, 11) is 0. The minimum atomic E-state index is -4.73. The molecular weight excluding hydrogens is 327 g/mol. The van der Waals surface area contributed by atoms with Crippen LogP contribution >= 0.6 is 0 Å². The number of rotatable bonds is 6. The van der Waals surface area contributed by atoms with E-state index in [4.69, 9.17) is 4.74 Å². The van der Waals surface area contributed by atoms with Gasteiger partial charge in [-0.1, -0.05) is 0 Å². The molecule has 1 aliphatic heterocycles. The first-order valence-electron chi connectivity index (χ1n) is 7.63. The second kappa shape index (κ2) is 8.74. The highest BCUT2D eigenvalue weighted by Crippen LogP contribution is 2.23. The lowest BCUT2D eigenvalue weighted by atomic mass is 10.3. The topological polar surface area (TPSA) is 62.8 Å². The number of ether oxygens (including phenoxy) is 2.